The predicted octanol–water partition coefficient (Wildman–Crippen LogP) is -1.00. The second-order valence-corrected chi connectivity index (χ2v) is 1.51. The fourth-order valence-corrected chi connectivity index (χ4v) is 0. The third-order valence-corrected chi connectivity index (χ3v) is 0.301. The molecule has 0 aromatic heterocycles. The first-order valence-corrected chi connectivity index (χ1v) is 2.93. The quantitative estimate of drug-likeness (QED) is 0.336. The number of carbonyl (C=O) groups is 2. The van der Waals surface area contributed by atoms with Gasteiger partial charge < -0.3 is 14.2 Å². The molecular weight excluding hydrogens is 220 g/mol. The Balaban J connectivity index is -0.000000114. The van der Waals surface area contributed by atoms with Crippen molar-refractivity contribution in [2.75, 3.05) is 0 Å². The minimum Gasteiger partial charge on any atom is -0.750 e. The molecule has 2 N–H and O–H groups in total. The van der Waals surface area contributed by atoms with E-state index in [1.165, 1.54) is 0 Å². The molecule has 0 saturated carbocycles. The normalized spacial score (nSPS) is 9.73. The van der Waals surface area contributed by atoms with Crippen LogP contribution in [0.1, 0.15) is 6.92 Å². The summed E-state index contributed by atoms with van der Waals surface area (Å²) in [5.41, 5.74) is 0. The second kappa shape index (κ2) is 9.73. The van der Waals surface area contributed by atoms with E-state index in [4.69, 9.17) is 18.4 Å². The van der Waals surface area contributed by atoms with Crippen LogP contribution in [0, 0.1) is 0 Å². The van der Waals surface area contributed by atoms with Crippen molar-refractivity contribution in [2.24, 2.45) is 0 Å². The average Bonchev–Trinajstić information content (AvgIpc) is 1.63. The van der Waals surface area contributed by atoms with Crippen molar-refractivity contribution in [3.05, 3.63) is 0 Å². The zero-order valence-corrected chi connectivity index (χ0v) is 7.21. The Bertz CT molecular complexity index is 140. The van der Waals surface area contributed by atoms with Crippen LogP contribution >= 0.6 is 0 Å². The summed E-state index contributed by atoms with van der Waals surface area (Å²) >= 11 is -2.86. The summed E-state index contributed by atoms with van der Waals surface area (Å²) in [6.07, 6.45) is 0. The zero-order chi connectivity index (χ0) is 8.73. The van der Waals surface area contributed by atoms with E-state index in [1.807, 2.05) is 0 Å². The zero-order valence-electron chi connectivity index (χ0n) is 5.29. The van der Waals surface area contributed by atoms with E-state index in [9.17, 15) is 9.59 Å². The number of carboxylic acids is 1. The summed E-state index contributed by atoms with van der Waals surface area (Å²) in [6, 6.07) is 0. The summed E-state index contributed by atoms with van der Waals surface area (Å²) in [6.45, 7) is 1.00. The van der Waals surface area contributed by atoms with Crippen LogP contribution in [0.4, 0.5) is 0 Å². The van der Waals surface area contributed by atoms with Crippen molar-refractivity contribution in [1.29, 1.82) is 0 Å². The van der Waals surface area contributed by atoms with E-state index in [1.54, 1.807) is 0 Å². The van der Waals surface area contributed by atoms with Crippen LogP contribution in [0.3, 0.4) is 0 Å². The molecule has 11 heavy (non-hydrogen) atoms. The molecule has 0 amide bonds. The number of carbonyl (C=O) groups excluding carboxylic acids is 1. The van der Waals surface area contributed by atoms with Gasteiger partial charge >= 0.3 is 5.97 Å². The fraction of sp³-hybridized carbons (Fsp3) is 0.333. The molecule has 1 unspecified atom stereocenters. The largest absolute Gasteiger partial charge is 0.750 e. The molecule has 0 aliphatic rings. The molecule has 68 valence electrons. The first-order chi connectivity index (χ1) is 4.37. The van der Waals surface area contributed by atoms with E-state index in [2.05, 4.69) is 0 Å². The van der Waals surface area contributed by atoms with Crippen molar-refractivity contribution >= 4 is 23.1 Å². The van der Waals surface area contributed by atoms with E-state index >= 15 is 0 Å². The number of ketones is 1. The molecule has 0 spiro atoms. The van der Waals surface area contributed by atoms with Crippen LogP contribution in [0.15, 0.2) is 0 Å². The molecule has 1 atom stereocenters. The number of hydrogen-bond donors (Lipinski definition) is 2. The van der Waals surface area contributed by atoms with Crippen LogP contribution in [0.25, 0.3) is 0 Å². The molecule has 0 heterocycles. The van der Waals surface area contributed by atoms with Crippen molar-refractivity contribution in [1.82, 2.24) is 0 Å². The summed E-state index contributed by atoms with van der Waals surface area (Å²) in [4.78, 5) is 18.9. The van der Waals surface area contributed by atoms with Gasteiger partial charge in [-0.2, -0.15) is 0 Å². The Morgan fingerprint density at radius 3 is 1.55 bits per heavy atom. The van der Waals surface area contributed by atoms with Gasteiger partial charge in [0.25, 0.3) is 0 Å². The van der Waals surface area contributed by atoms with Crippen LogP contribution in [-0.2, 0) is 38.0 Å². The SMILES string of the molecule is CC(=O)C(=O)O.O=S([O-])O.[Fe]. The van der Waals surface area contributed by atoms with Gasteiger partial charge in [-0.25, -0.2) is 9.00 Å². The molecule has 0 radical (unpaired) electrons. The molecule has 6 nitrogen and oxygen atoms in total. The Kier molecular flexibility index (Phi) is 15.0. The summed E-state index contributed by atoms with van der Waals surface area (Å²) < 4.78 is 24.1. The second-order valence-electron chi connectivity index (χ2n) is 1.08. The molecule has 0 aromatic rings. The third-order valence-electron chi connectivity index (χ3n) is 0.301. The van der Waals surface area contributed by atoms with Gasteiger partial charge in [0, 0.05) is 24.0 Å². The Labute approximate surface area is 75.6 Å². The van der Waals surface area contributed by atoms with Crippen molar-refractivity contribution in [3.63, 3.8) is 0 Å². The molecule has 0 aromatic carbocycles. The molecule has 8 heteroatoms. The minimum absolute atomic E-state index is 0. The maximum Gasteiger partial charge on any atom is 0.371 e. The van der Waals surface area contributed by atoms with Gasteiger partial charge in [-0.3, -0.25) is 4.79 Å². The molecule has 0 saturated heterocycles. The number of hydrogen-bond acceptors (Lipinski definition) is 4. The minimum atomic E-state index is -2.86. The van der Waals surface area contributed by atoms with Crippen molar-refractivity contribution in [3.8, 4) is 0 Å². The molecule has 0 fully saturated rings. The average molecular weight is 225 g/mol. The van der Waals surface area contributed by atoms with Crippen LogP contribution in [0.2, 0.25) is 0 Å². The number of aliphatic carboxylic acids is 1. The molecule has 0 rings (SSSR count). The fourth-order valence-electron chi connectivity index (χ4n) is 0. The van der Waals surface area contributed by atoms with Gasteiger partial charge in [-0.15, -0.1) is 0 Å². The first-order valence-electron chi connectivity index (χ1n) is 1.90. The van der Waals surface area contributed by atoms with Gasteiger partial charge in [-0.05, 0) is 0 Å². The monoisotopic (exact) mass is 225 g/mol. The van der Waals surface area contributed by atoms with Gasteiger partial charge in [0.15, 0.2) is 0 Å². The van der Waals surface area contributed by atoms with Gasteiger partial charge in [-0.1, -0.05) is 0 Å². The smallest absolute Gasteiger partial charge is 0.371 e. The van der Waals surface area contributed by atoms with Gasteiger partial charge in [0.1, 0.15) is 0 Å². The third kappa shape index (κ3) is 41.8. The van der Waals surface area contributed by atoms with Crippen LogP contribution in [-0.4, -0.2) is 30.2 Å². The summed E-state index contributed by atoms with van der Waals surface area (Å²) in [7, 11) is 0. The maximum atomic E-state index is 9.54. The molecule has 0 aliphatic carbocycles. The maximum absolute atomic E-state index is 9.54. The predicted molar refractivity (Wildman–Crippen MR) is 29.9 cm³/mol. The van der Waals surface area contributed by atoms with Crippen molar-refractivity contribution in [2.45, 2.75) is 6.92 Å². The number of carboxylic acid groups (broad SMARTS) is 1. The van der Waals surface area contributed by atoms with E-state index < -0.39 is 23.1 Å². The van der Waals surface area contributed by atoms with Gasteiger partial charge in [0.05, 0.1) is 11.4 Å². The molecule has 0 aliphatic heterocycles. The van der Waals surface area contributed by atoms with Crippen LogP contribution in [0.5, 0.6) is 0 Å². The number of rotatable bonds is 1. The summed E-state index contributed by atoms with van der Waals surface area (Å²) in [5, 5.41) is 7.64. The first kappa shape index (κ1) is 17.0. The Morgan fingerprint density at radius 2 is 1.55 bits per heavy atom. The Hall–Kier alpha value is -0.271. The molecular formula is C3H5FeO6S-. The Morgan fingerprint density at radius 1 is 1.45 bits per heavy atom. The van der Waals surface area contributed by atoms with E-state index in [0.29, 0.717) is 0 Å². The molecule has 0 bridgehead atoms. The number of Topliss-reactive ketones (excluding diaryl/α,β-unsaturated/α-hetero) is 1. The van der Waals surface area contributed by atoms with E-state index in [0.717, 1.165) is 6.92 Å². The van der Waals surface area contributed by atoms with E-state index in [-0.39, 0.29) is 17.1 Å². The standard InChI is InChI=1S/C3H4O3.Fe.H2O3S/c1-2(4)3(5)6;;1-4(2)3/h1H3,(H,5,6);;(H2,1,2,3)/p-1. The van der Waals surface area contributed by atoms with Gasteiger partial charge in [0.2, 0.25) is 5.78 Å². The van der Waals surface area contributed by atoms with Crippen molar-refractivity contribution < 1.29 is 45.1 Å². The topological polar surface area (TPSA) is 115 Å². The van der Waals surface area contributed by atoms with Crippen LogP contribution < -0.4 is 0 Å². The summed E-state index contributed by atoms with van der Waals surface area (Å²) in [5.74, 6) is -2.20.